The van der Waals surface area contributed by atoms with Gasteiger partial charge in [-0.25, -0.2) is 0 Å². The van der Waals surface area contributed by atoms with E-state index < -0.39 is 29.1 Å². The fourth-order valence-electron chi connectivity index (χ4n) is 3.25. The van der Waals surface area contributed by atoms with Crippen LogP contribution in [0.15, 0.2) is 42.8 Å². The molecule has 1 unspecified atom stereocenters. The topological polar surface area (TPSA) is 57.7 Å². The molecule has 1 aromatic carbocycles. The molecule has 2 aromatic rings. The Labute approximate surface area is 171 Å². The molecule has 0 bridgehead atoms. The lowest BCUT2D eigenvalue weighted by Crippen LogP contribution is -2.18. The summed E-state index contributed by atoms with van der Waals surface area (Å²) in [5.74, 6) is -0.459. The van der Waals surface area contributed by atoms with Gasteiger partial charge in [0.2, 0.25) is 0 Å². The number of Topliss-reactive ketones (excluding diaryl/α,β-unsaturated/α-hetero) is 1. The second kappa shape index (κ2) is 8.61. The number of carbonyl (C=O) groups is 1. The van der Waals surface area contributed by atoms with Gasteiger partial charge in [-0.15, -0.1) is 0 Å². The summed E-state index contributed by atoms with van der Waals surface area (Å²) >= 11 is 0. The second-order valence-corrected chi connectivity index (χ2v) is 6.59. The molecule has 0 spiro atoms. The maximum absolute atomic E-state index is 13.5. The van der Waals surface area contributed by atoms with Gasteiger partial charge in [0.15, 0.2) is 17.3 Å². The SMILES string of the molecule is COc1cc2c(cc1OC)C(C)C(=O)/C(c1ncccc1C(F)(F)F)=C\OC/C=C\2. The van der Waals surface area contributed by atoms with Crippen LogP contribution in [0.2, 0.25) is 0 Å². The minimum Gasteiger partial charge on any atom is -0.496 e. The lowest BCUT2D eigenvalue weighted by Gasteiger charge is -2.20. The van der Waals surface area contributed by atoms with Crippen LogP contribution >= 0.6 is 0 Å². The number of carbonyl (C=O) groups excluding carboxylic acids is 1. The zero-order valence-corrected chi connectivity index (χ0v) is 16.6. The van der Waals surface area contributed by atoms with E-state index in [9.17, 15) is 18.0 Å². The third kappa shape index (κ3) is 4.17. The molecule has 0 N–H and O–H groups in total. The number of ketones is 1. The van der Waals surface area contributed by atoms with Gasteiger partial charge >= 0.3 is 6.18 Å². The van der Waals surface area contributed by atoms with E-state index in [0.29, 0.717) is 22.6 Å². The highest BCUT2D eigenvalue weighted by Crippen LogP contribution is 2.39. The predicted molar refractivity (Wildman–Crippen MR) is 105 cm³/mol. The minimum absolute atomic E-state index is 0.0626. The molecular weight excluding hydrogens is 399 g/mol. The lowest BCUT2D eigenvalue weighted by molar-refractivity contribution is -0.138. The third-order valence-corrected chi connectivity index (χ3v) is 4.77. The number of ether oxygens (including phenoxy) is 3. The summed E-state index contributed by atoms with van der Waals surface area (Å²) in [6.45, 7) is 1.68. The molecule has 1 aromatic heterocycles. The maximum atomic E-state index is 13.5. The highest BCUT2D eigenvalue weighted by atomic mass is 19.4. The van der Waals surface area contributed by atoms with Gasteiger partial charge in [0.05, 0.1) is 37.3 Å². The van der Waals surface area contributed by atoms with Crippen molar-refractivity contribution in [3.63, 3.8) is 0 Å². The number of alkyl halides is 3. The Balaban J connectivity index is 2.16. The Morgan fingerprint density at radius 1 is 1.17 bits per heavy atom. The van der Waals surface area contributed by atoms with E-state index in [1.165, 1.54) is 26.5 Å². The predicted octanol–water partition coefficient (Wildman–Crippen LogP) is 4.87. The molecule has 3 rings (SSSR count). The molecule has 0 saturated heterocycles. The Kier molecular flexibility index (Phi) is 6.14. The van der Waals surface area contributed by atoms with Crippen molar-refractivity contribution in [2.24, 2.45) is 0 Å². The maximum Gasteiger partial charge on any atom is 0.418 e. The van der Waals surface area contributed by atoms with E-state index >= 15 is 0 Å². The molecule has 158 valence electrons. The van der Waals surface area contributed by atoms with Crippen molar-refractivity contribution < 1.29 is 32.2 Å². The van der Waals surface area contributed by atoms with Crippen molar-refractivity contribution in [2.75, 3.05) is 20.8 Å². The van der Waals surface area contributed by atoms with E-state index in [1.807, 2.05) is 0 Å². The highest BCUT2D eigenvalue weighted by molar-refractivity contribution is 6.23. The summed E-state index contributed by atoms with van der Waals surface area (Å²) < 4.78 is 56.5. The van der Waals surface area contributed by atoms with Crippen LogP contribution in [0, 0.1) is 0 Å². The average molecular weight is 419 g/mol. The summed E-state index contributed by atoms with van der Waals surface area (Å²) in [6.07, 6.45) is 1.06. The number of hydrogen-bond donors (Lipinski definition) is 0. The van der Waals surface area contributed by atoms with Crippen molar-refractivity contribution in [1.29, 1.82) is 0 Å². The summed E-state index contributed by atoms with van der Waals surface area (Å²) in [5, 5.41) is 0. The number of halogens is 3. The zero-order chi connectivity index (χ0) is 21.9. The fraction of sp³-hybridized carbons (Fsp3) is 0.273. The Morgan fingerprint density at radius 2 is 1.87 bits per heavy atom. The number of allylic oxidation sites excluding steroid dienone is 1. The molecule has 8 heteroatoms. The molecule has 30 heavy (non-hydrogen) atoms. The van der Waals surface area contributed by atoms with Gasteiger partial charge in [-0.2, -0.15) is 13.2 Å². The smallest absolute Gasteiger partial charge is 0.418 e. The lowest BCUT2D eigenvalue weighted by atomic mass is 9.86. The molecule has 1 aliphatic heterocycles. The van der Waals surface area contributed by atoms with Crippen molar-refractivity contribution in [3.05, 3.63) is 65.2 Å². The van der Waals surface area contributed by atoms with Gasteiger partial charge in [0.1, 0.15) is 6.61 Å². The van der Waals surface area contributed by atoms with Gasteiger partial charge in [0.25, 0.3) is 0 Å². The molecule has 5 nitrogen and oxygen atoms in total. The average Bonchev–Trinajstić information content (AvgIpc) is 2.73. The number of aromatic nitrogens is 1. The molecule has 1 atom stereocenters. The number of methoxy groups -OCH3 is 2. The summed E-state index contributed by atoms with van der Waals surface area (Å²) in [7, 11) is 2.96. The van der Waals surface area contributed by atoms with Crippen molar-refractivity contribution >= 4 is 17.4 Å². The van der Waals surface area contributed by atoms with Crippen LogP contribution < -0.4 is 9.47 Å². The number of rotatable bonds is 3. The first kappa shape index (κ1) is 21.4. The first-order valence-electron chi connectivity index (χ1n) is 9.09. The molecule has 0 aliphatic carbocycles. The Hall–Kier alpha value is -3.29. The first-order valence-corrected chi connectivity index (χ1v) is 9.09. The Morgan fingerprint density at radius 3 is 2.53 bits per heavy atom. The van der Waals surface area contributed by atoms with Gasteiger partial charge in [-0.3, -0.25) is 9.78 Å². The van der Waals surface area contributed by atoms with Crippen LogP contribution in [0.3, 0.4) is 0 Å². The van der Waals surface area contributed by atoms with Crippen molar-refractivity contribution in [3.8, 4) is 11.5 Å². The van der Waals surface area contributed by atoms with E-state index in [1.54, 1.807) is 31.2 Å². The number of nitrogens with zero attached hydrogens (tertiary/aromatic N) is 1. The molecule has 1 aliphatic rings. The first-order chi connectivity index (χ1) is 14.3. The molecular formula is C22H20F3NO4. The van der Waals surface area contributed by atoms with E-state index in [0.717, 1.165) is 12.3 Å². The summed E-state index contributed by atoms with van der Waals surface area (Å²) in [6, 6.07) is 5.43. The third-order valence-electron chi connectivity index (χ3n) is 4.77. The summed E-state index contributed by atoms with van der Waals surface area (Å²) in [5.41, 5.74) is -0.443. The number of fused-ring (bicyclic) bond motifs is 1. The van der Waals surface area contributed by atoms with E-state index in [-0.39, 0.29) is 12.2 Å². The molecule has 0 fully saturated rings. The molecule has 2 heterocycles. The largest absolute Gasteiger partial charge is 0.496 e. The fourth-order valence-corrected chi connectivity index (χ4v) is 3.25. The van der Waals surface area contributed by atoms with Crippen LogP contribution in [0.25, 0.3) is 11.6 Å². The normalized spacial score (nSPS) is 19.7. The Bertz CT molecular complexity index is 1010. The van der Waals surface area contributed by atoms with Gasteiger partial charge in [0, 0.05) is 12.1 Å². The van der Waals surface area contributed by atoms with Crippen molar-refractivity contribution in [1.82, 2.24) is 4.98 Å². The van der Waals surface area contributed by atoms with Crippen LogP contribution in [-0.4, -0.2) is 31.6 Å². The highest BCUT2D eigenvalue weighted by Gasteiger charge is 2.37. The monoisotopic (exact) mass is 419 g/mol. The molecule has 0 saturated carbocycles. The molecule has 0 amide bonds. The number of hydrogen-bond acceptors (Lipinski definition) is 5. The van der Waals surface area contributed by atoms with Gasteiger partial charge in [-0.05, 0) is 41.5 Å². The number of benzene rings is 1. The standard InChI is InChI=1S/C22H20F3NO4/c1-13-15-11-19(29-3)18(28-2)10-14(15)6-5-9-30-12-16(21(13)27)20-17(22(23,24)25)7-4-8-26-20/h4-8,10-13H,9H2,1-3H3/b6-5-,16-12-. The van der Waals surface area contributed by atoms with Crippen LogP contribution in [0.5, 0.6) is 11.5 Å². The minimum atomic E-state index is -4.67. The quantitative estimate of drug-likeness (QED) is 0.710. The molecule has 0 radical (unpaired) electrons. The van der Waals surface area contributed by atoms with E-state index in [2.05, 4.69) is 4.98 Å². The van der Waals surface area contributed by atoms with Crippen LogP contribution in [0.1, 0.15) is 35.2 Å². The number of pyridine rings is 1. The van der Waals surface area contributed by atoms with Crippen LogP contribution in [0.4, 0.5) is 13.2 Å². The van der Waals surface area contributed by atoms with E-state index in [4.69, 9.17) is 14.2 Å². The zero-order valence-electron chi connectivity index (χ0n) is 16.6. The van der Waals surface area contributed by atoms with Gasteiger partial charge in [-0.1, -0.05) is 13.0 Å². The summed E-state index contributed by atoms with van der Waals surface area (Å²) in [4.78, 5) is 17.2. The van der Waals surface area contributed by atoms with Gasteiger partial charge < -0.3 is 14.2 Å². The van der Waals surface area contributed by atoms with Crippen molar-refractivity contribution in [2.45, 2.75) is 19.0 Å². The second-order valence-electron chi connectivity index (χ2n) is 6.59. The van der Waals surface area contributed by atoms with Crippen LogP contribution in [-0.2, 0) is 15.7 Å².